The van der Waals surface area contributed by atoms with E-state index in [0.29, 0.717) is 6.61 Å². The number of rotatable bonds is 7. The Morgan fingerprint density at radius 2 is 2.21 bits per heavy atom. The second-order valence-corrected chi connectivity index (χ2v) is 4.69. The first-order valence-corrected chi connectivity index (χ1v) is 6.69. The number of ether oxygens (including phenoxy) is 1. The molecule has 1 unspecified atom stereocenters. The van der Waals surface area contributed by atoms with Crippen LogP contribution in [0.2, 0.25) is 0 Å². The summed E-state index contributed by atoms with van der Waals surface area (Å²) in [5, 5.41) is 0. The van der Waals surface area contributed by atoms with Gasteiger partial charge in [0.2, 0.25) is 0 Å². The third kappa shape index (κ3) is 3.12. The van der Waals surface area contributed by atoms with E-state index in [1.807, 2.05) is 18.2 Å². The maximum atomic E-state index is 5.56. The van der Waals surface area contributed by atoms with Crippen molar-refractivity contribution in [2.45, 2.75) is 32.4 Å². The SMILES string of the molecule is CCCn1c(CC(COC)NN)nc2ccccc21. The van der Waals surface area contributed by atoms with Crippen molar-refractivity contribution >= 4 is 11.0 Å². The summed E-state index contributed by atoms with van der Waals surface area (Å²) in [4.78, 5) is 4.71. The summed E-state index contributed by atoms with van der Waals surface area (Å²) in [6.07, 6.45) is 1.84. The van der Waals surface area contributed by atoms with Crippen LogP contribution in [0.5, 0.6) is 0 Å². The van der Waals surface area contributed by atoms with Crippen molar-refractivity contribution in [2.24, 2.45) is 5.84 Å². The van der Waals surface area contributed by atoms with Gasteiger partial charge < -0.3 is 9.30 Å². The van der Waals surface area contributed by atoms with Gasteiger partial charge >= 0.3 is 0 Å². The number of para-hydroxylation sites is 2. The molecule has 2 aromatic rings. The molecule has 1 atom stereocenters. The highest BCUT2D eigenvalue weighted by atomic mass is 16.5. The molecular formula is C14H22N4O. The van der Waals surface area contributed by atoms with Crippen LogP contribution < -0.4 is 11.3 Å². The van der Waals surface area contributed by atoms with Gasteiger partial charge in [-0.2, -0.15) is 0 Å². The molecule has 3 N–H and O–H groups in total. The topological polar surface area (TPSA) is 65.1 Å². The molecule has 5 heteroatoms. The van der Waals surface area contributed by atoms with Gasteiger partial charge in [-0.05, 0) is 18.6 Å². The van der Waals surface area contributed by atoms with Gasteiger partial charge in [-0.15, -0.1) is 0 Å². The predicted molar refractivity (Wildman–Crippen MR) is 76.7 cm³/mol. The molecule has 0 aliphatic heterocycles. The Bertz CT molecular complexity index is 523. The van der Waals surface area contributed by atoms with Crippen molar-refractivity contribution in [2.75, 3.05) is 13.7 Å². The fourth-order valence-electron chi connectivity index (χ4n) is 2.34. The molecule has 0 aliphatic carbocycles. The van der Waals surface area contributed by atoms with Gasteiger partial charge in [-0.3, -0.25) is 11.3 Å². The van der Waals surface area contributed by atoms with Crippen molar-refractivity contribution in [3.63, 3.8) is 0 Å². The number of fused-ring (bicyclic) bond motifs is 1. The number of aromatic nitrogens is 2. The van der Waals surface area contributed by atoms with Gasteiger partial charge in [-0.1, -0.05) is 19.1 Å². The van der Waals surface area contributed by atoms with Crippen LogP contribution >= 0.6 is 0 Å². The normalized spacial score (nSPS) is 13.0. The Balaban J connectivity index is 2.32. The van der Waals surface area contributed by atoms with E-state index in [4.69, 9.17) is 15.6 Å². The lowest BCUT2D eigenvalue weighted by molar-refractivity contribution is 0.165. The first-order valence-electron chi connectivity index (χ1n) is 6.69. The summed E-state index contributed by atoms with van der Waals surface area (Å²) >= 11 is 0. The molecule has 0 saturated heterocycles. The Morgan fingerprint density at radius 1 is 1.42 bits per heavy atom. The van der Waals surface area contributed by atoms with Crippen LogP contribution in [-0.2, 0) is 17.7 Å². The largest absolute Gasteiger partial charge is 0.383 e. The Morgan fingerprint density at radius 3 is 2.89 bits per heavy atom. The number of aryl methyl sites for hydroxylation is 1. The minimum Gasteiger partial charge on any atom is -0.383 e. The van der Waals surface area contributed by atoms with Crippen LogP contribution in [0.15, 0.2) is 24.3 Å². The number of nitrogens with zero attached hydrogens (tertiary/aromatic N) is 2. The minimum atomic E-state index is 0.0809. The van der Waals surface area contributed by atoms with Gasteiger partial charge in [0.15, 0.2) is 0 Å². The first-order chi connectivity index (χ1) is 9.30. The average Bonchev–Trinajstić information content (AvgIpc) is 2.77. The lowest BCUT2D eigenvalue weighted by atomic mass is 10.2. The van der Waals surface area contributed by atoms with Gasteiger partial charge in [0.25, 0.3) is 0 Å². The molecule has 1 aromatic carbocycles. The minimum absolute atomic E-state index is 0.0809. The monoisotopic (exact) mass is 262 g/mol. The number of methoxy groups -OCH3 is 1. The van der Waals surface area contributed by atoms with Gasteiger partial charge in [0.05, 0.1) is 23.7 Å². The highest BCUT2D eigenvalue weighted by Gasteiger charge is 2.14. The molecule has 0 radical (unpaired) electrons. The van der Waals surface area contributed by atoms with Crippen LogP contribution in [0.3, 0.4) is 0 Å². The van der Waals surface area contributed by atoms with Gasteiger partial charge in [-0.25, -0.2) is 4.98 Å². The highest BCUT2D eigenvalue weighted by Crippen LogP contribution is 2.17. The third-order valence-corrected chi connectivity index (χ3v) is 3.21. The molecule has 0 fully saturated rings. The smallest absolute Gasteiger partial charge is 0.111 e. The van der Waals surface area contributed by atoms with E-state index >= 15 is 0 Å². The molecule has 0 amide bonds. The summed E-state index contributed by atoms with van der Waals surface area (Å²) in [6, 6.07) is 8.31. The van der Waals surface area contributed by atoms with Crippen molar-refractivity contribution in [1.82, 2.24) is 15.0 Å². The standard InChI is InChI=1S/C14H22N4O/c1-3-8-18-13-7-5-4-6-12(13)16-14(18)9-11(17-15)10-19-2/h4-7,11,17H,3,8-10,15H2,1-2H3. The van der Waals surface area contributed by atoms with E-state index in [0.717, 1.165) is 30.7 Å². The summed E-state index contributed by atoms with van der Waals surface area (Å²) in [5.74, 6) is 6.62. The molecule has 5 nitrogen and oxygen atoms in total. The van der Waals surface area contributed by atoms with Gasteiger partial charge in [0.1, 0.15) is 5.82 Å². The third-order valence-electron chi connectivity index (χ3n) is 3.21. The maximum Gasteiger partial charge on any atom is 0.111 e. The average molecular weight is 262 g/mol. The first kappa shape index (κ1) is 14.0. The zero-order valence-electron chi connectivity index (χ0n) is 11.6. The van der Waals surface area contributed by atoms with E-state index < -0.39 is 0 Å². The van der Waals surface area contributed by atoms with Crippen LogP contribution in [-0.4, -0.2) is 29.3 Å². The second kappa shape index (κ2) is 6.65. The van der Waals surface area contributed by atoms with Crippen LogP contribution in [0.25, 0.3) is 11.0 Å². The predicted octanol–water partition coefficient (Wildman–Crippen LogP) is 1.47. The number of hydrogen-bond donors (Lipinski definition) is 2. The molecular weight excluding hydrogens is 240 g/mol. The van der Waals surface area contributed by atoms with Crippen molar-refractivity contribution < 1.29 is 4.74 Å². The summed E-state index contributed by atoms with van der Waals surface area (Å²) in [6.45, 7) is 3.72. The lowest BCUT2D eigenvalue weighted by Gasteiger charge is -2.15. The van der Waals surface area contributed by atoms with E-state index in [9.17, 15) is 0 Å². The Labute approximate surface area is 113 Å². The maximum absolute atomic E-state index is 5.56. The Kier molecular flexibility index (Phi) is 4.90. The highest BCUT2D eigenvalue weighted by molar-refractivity contribution is 5.75. The van der Waals surface area contributed by atoms with Crippen molar-refractivity contribution in [3.8, 4) is 0 Å². The molecule has 0 aliphatic rings. The van der Waals surface area contributed by atoms with Crippen molar-refractivity contribution in [1.29, 1.82) is 0 Å². The molecule has 0 bridgehead atoms. The van der Waals surface area contributed by atoms with Gasteiger partial charge in [0, 0.05) is 20.1 Å². The van der Waals surface area contributed by atoms with E-state index in [1.165, 1.54) is 5.52 Å². The number of hydrogen-bond acceptors (Lipinski definition) is 4. The zero-order chi connectivity index (χ0) is 13.7. The number of imidazole rings is 1. The molecule has 19 heavy (non-hydrogen) atoms. The number of benzene rings is 1. The summed E-state index contributed by atoms with van der Waals surface area (Å²) in [7, 11) is 1.68. The van der Waals surface area contributed by atoms with Crippen LogP contribution in [0, 0.1) is 0 Å². The quantitative estimate of drug-likeness (QED) is 0.586. The zero-order valence-corrected chi connectivity index (χ0v) is 11.6. The summed E-state index contributed by atoms with van der Waals surface area (Å²) in [5.41, 5.74) is 5.02. The molecule has 0 saturated carbocycles. The number of nitrogens with two attached hydrogens (primary N) is 1. The summed E-state index contributed by atoms with van der Waals surface area (Å²) < 4.78 is 7.43. The van der Waals surface area contributed by atoms with E-state index in [1.54, 1.807) is 7.11 Å². The second-order valence-electron chi connectivity index (χ2n) is 4.69. The van der Waals surface area contributed by atoms with E-state index in [-0.39, 0.29) is 6.04 Å². The Hall–Kier alpha value is -1.43. The molecule has 1 heterocycles. The molecule has 0 spiro atoms. The number of nitrogens with one attached hydrogen (secondary N) is 1. The molecule has 2 rings (SSSR count). The fourth-order valence-corrected chi connectivity index (χ4v) is 2.34. The van der Waals surface area contributed by atoms with Crippen molar-refractivity contribution in [3.05, 3.63) is 30.1 Å². The van der Waals surface area contributed by atoms with E-state index in [2.05, 4.69) is 23.0 Å². The molecule has 104 valence electrons. The number of hydrazine groups is 1. The van der Waals surface area contributed by atoms with Crippen LogP contribution in [0.1, 0.15) is 19.2 Å². The lowest BCUT2D eigenvalue weighted by Crippen LogP contribution is -2.40. The molecule has 1 aromatic heterocycles. The fraction of sp³-hybridized carbons (Fsp3) is 0.500. The van der Waals surface area contributed by atoms with Crippen LogP contribution in [0.4, 0.5) is 0 Å².